The Morgan fingerprint density at radius 3 is 1.01 bits per heavy atom. The highest BCUT2D eigenvalue weighted by atomic mass is 16.3. The predicted octanol–water partition coefficient (Wildman–Crippen LogP) is 28.3. The van der Waals surface area contributed by atoms with Crippen LogP contribution in [-0.2, 0) is 0 Å². The molecule has 106 heavy (non-hydrogen) atoms. The molecule has 4 nitrogen and oxygen atoms in total. The summed E-state index contributed by atoms with van der Waals surface area (Å²) in [4.78, 5) is 0. The lowest BCUT2D eigenvalue weighted by Crippen LogP contribution is -1.94. The number of rotatable bonds is 12. The molecule has 0 aliphatic carbocycles. The molecule has 0 saturated carbocycles. The molecule has 4 heteroatoms. The van der Waals surface area contributed by atoms with Crippen molar-refractivity contribution >= 4 is 87.5 Å². The van der Waals surface area contributed by atoms with E-state index in [2.05, 4.69) is 373 Å². The lowest BCUT2D eigenvalue weighted by atomic mass is 9.96. The molecule has 0 bridgehead atoms. The first-order valence-corrected chi connectivity index (χ1v) is 36.3. The van der Waals surface area contributed by atoms with Crippen molar-refractivity contribution in [3.63, 3.8) is 0 Å². The normalized spacial score (nSPS) is 11.8. The Balaban J connectivity index is 0.572. The van der Waals surface area contributed by atoms with Crippen molar-refractivity contribution in [3.05, 3.63) is 388 Å². The summed E-state index contributed by atoms with van der Waals surface area (Å²) in [6, 6.07) is 142. The van der Waals surface area contributed by atoms with Gasteiger partial charge < -0.3 is 18.0 Å². The topological polar surface area (TPSA) is 36.1 Å². The molecule has 494 valence electrons. The van der Waals surface area contributed by atoms with E-state index in [4.69, 9.17) is 8.83 Å². The minimum absolute atomic E-state index is 0.905. The zero-order valence-corrected chi connectivity index (χ0v) is 57.7. The fourth-order valence-corrected chi connectivity index (χ4v) is 16.4. The monoisotopic (exact) mass is 1350 g/mol. The molecular formula is C102H64N2O2. The molecule has 0 radical (unpaired) electrons. The summed E-state index contributed by atoms with van der Waals surface area (Å²) in [5, 5.41) is 9.42. The van der Waals surface area contributed by atoms with Gasteiger partial charge in [-0.05, 0) is 191 Å². The second kappa shape index (κ2) is 24.9. The Kier molecular flexibility index (Phi) is 14.2. The van der Waals surface area contributed by atoms with Crippen molar-refractivity contribution in [3.8, 4) is 123 Å². The van der Waals surface area contributed by atoms with Gasteiger partial charge in [-0.2, -0.15) is 0 Å². The second-order valence-electron chi connectivity index (χ2n) is 27.9. The zero-order chi connectivity index (χ0) is 69.8. The van der Waals surface area contributed by atoms with Crippen LogP contribution in [0.25, 0.3) is 210 Å². The largest absolute Gasteiger partial charge is 0.456 e. The minimum Gasteiger partial charge on any atom is -0.456 e. The molecule has 0 atom stereocenters. The van der Waals surface area contributed by atoms with Crippen LogP contribution in [0.5, 0.6) is 0 Å². The van der Waals surface area contributed by atoms with Crippen molar-refractivity contribution in [2.24, 2.45) is 0 Å². The second-order valence-corrected chi connectivity index (χ2v) is 27.9. The highest BCUT2D eigenvalue weighted by Crippen LogP contribution is 2.44. The number of fused-ring (bicyclic) bond motifs is 12. The van der Waals surface area contributed by atoms with Crippen molar-refractivity contribution < 1.29 is 8.83 Å². The SMILES string of the molecule is c1ccc(-c2ccc3c(c2)c2cc(-c4cccc(-c5ccc(-c6ccc7c8ccc(-c9ccccc9)cc8n(-c8ccc(-c9ccc(-c%10ccc(-c%11cccc%12c%11oc%11ccccc%11%12)cc%10)cc9)cc8)c7c6)cc5)c4)ccc2n3-c2ccc(-c3ccc(-c4cccc5oc6ccccc6c45)cc3)cc2)cc1. The van der Waals surface area contributed by atoms with Crippen molar-refractivity contribution in [1.29, 1.82) is 0 Å². The minimum atomic E-state index is 0.905. The summed E-state index contributed by atoms with van der Waals surface area (Å²) in [7, 11) is 0. The Labute approximate surface area is 612 Å². The van der Waals surface area contributed by atoms with Crippen LogP contribution in [0, 0.1) is 0 Å². The van der Waals surface area contributed by atoms with Gasteiger partial charge in [0.2, 0.25) is 0 Å². The molecule has 0 saturated heterocycles. The number of aromatic nitrogens is 2. The summed E-state index contributed by atoms with van der Waals surface area (Å²) in [5.74, 6) is 0. The van der Waals surface area contributed by atoms with E-state index in [1.54, 1.807) is 0 Å². The maximum Gasteiger partial charge on any atom is 0.143 e. The van der Waals surface area contributed by atoms with Crippen LogP contribution in [0.2, 0.25) is 0 Å². The maximum absolute atomic E-state index is 6.39. The third-order valence-corrected chi connectivity index (χ3v) is 21.8. The number of hydrogen-bond donors (Lipinski definition) is 0. The van der Waals surface area contributed by atoms with Gasteiger partial charge in [-0.15, -0.1) is 0 Å². The first kappa shape index (κ1) is 60.7. The van der Waals surface area contributed by atoms with E-state index in [0.717, 1.165) is 116 Å². The van der Waals surface area contributed by atoms with Crippen molar-refractivity contribution in [1.82, 2.24) is 9.13 Å². The number of furan rings is 2. The first-order chi connectivity index (χ1) is 52.5. The summed E-state index contributed by atoms with van der Waals surface area (Å²) in [6.07, 6.45) is 0. The smallest absolute Gasteiger partial charge is 0.143 e. The molecule has 4 heterocycles. The van der Waals surface area contributed by atoms with E-state index in [9.17, 15) is 0 Å². The standard InChI is InChI=1S/C102H64N2O2/c1-3-14-65(15-4-1)79-50-58-94-92(61-79)93-62-80(51-59-95(93)103(94)83-52-44-72(45-53-83)70-36-40-75(41-37-70)85-22-13-27-100-101(85)91-21-8-10-26-99(91)105-100)78-19-11-18-77(60-78)73-32-34-74(35-33-73)82-49-57-88-87-56-48-81(66-16-5-2-6-17-66)63-96(87)104(97(88)64-82)84-54-46-71(47-55-84)68-30-28-67(29-31-68)69-38-42-76(43-39-69)86-23-12-24-90-89-20-7-9-25-98(89)106-102(86)90/h1-64H. The predicted molar refractivity (Wildman–Crippen MR) is 444 cm³/mol. The highest BCUT2D eigenvalue weighted by Gasteiger charge is 2.20. The molecule has 0 fully saturated rings. The zero-order valence-electron chi connectivity index (χ0n) is 57.7. The summed E-state index contributed by atoms with van der Waals surface area (Å²) >= 11 is 0. The Morgan fingerprint density at radius 2 is 0.481 bits per heavy atom. The van der Waals surface area contributed by atoms with E-state index in [1.165, 1.54) is 93.8 Å². The van der Waals surface area contributed by atoms with Crippen LogP contribution in [0.3, 0.4) is 0 Å². The van der Waals surface area contributed by atoms with Crippen LogP contribution in [-0.4, -0.2) is 9.13 Å². The van der Waals surface area contributed by atoms with Gasteiger partial charge in [0.25, 0.3) is 0 Å². The fraction of sp³-hybridized carbons (Fsp3) is 0. The summed E-state index contributed by atoms with van der Waals surface area (Å²) in [5.41, 5.74) is 33.8. The fourth-order valence-electron chi connectivity index (χ4n) is 16.4. The average molecular weight is 1350 g/mol. The van der Waals surface area contributed by atoms with E-state index in [-0.39, 0.29) is 0 Å². The number of para-hydroxylation sites is 3. The van der Waals surface area contributed by atoms with Gasteiger partial charge >= 0.3 is 0 Å². The maximum atomic E-state index is 6.39. The Hall–Kier alpha value is -14.1. The molecule has 0 aliphatic rings. The molecule has 0 aliphatic heterocycles. The van der Waals surface area contributed by atoms with Gasteiger partial charge in [0, 0.05) is 60.0 Å². The van der Waals surface area contributed by atoms with Crippen LogP contribution < -0.4 is 0 Å². The van der Waals surface area contributed by atoms with Gasteiger partial charge in [0.1, 0.15) is 22.3 Å². The average Bonchev–Trinajstić information content (AvgIpc) is 1.59. The van der Waals surface area contributed by atoms with E-state index >= 15 is 0 Å². The molecule has 0 unspecified atom stereocenters. The molecule has 17 aromatic carbocycles. The Morgan fingerprint density at radius 1 is 0.160 bits per heavy atom. The summed E-state index contributed by atoms with van der Waals surface area (Å²) in [6.45, 7) is 0. The van der Waals surface area contributed by atoms with Gasteiger partial charge in [-0.3, -0.25) is 0 Å². The lowest BCUT2D eigenvalue weighted by Gasteiger charge is -2.12. The first-order valence-electron chi connectivity index (χ1n) is 36.3. The molecule has 21 rings (SSSR count). The van der Waals surface area contributed by atoms with Gasteiger partial charge in [0.15, 0.2) is 0 Å². The molecule has 0 spiro atoms. The molecule has 0 amide bonds. The third kappa shape index (κ3) is 10.4. The van der Waals surface area contributed by atoms with Crippen LogP contribution in [0.1, 0.15) is 0 Å². The van der Waals surface area contributed by atoms with Crippen LogP contribution >= 0.6 is 0 Å². The molecule has 0 N–H and O–H groups in total. The Bertz CT molecular complexity index is 6980. The molecule has 21 aromatic rings. The van der Waals surface area contributed by atoms with Gasteiger partial charge in [0.05, 0.1) is 22.1 Å². The lowest BCUT2D eigenvalue weighted by molar-refractivity contribution is 0.669. The number of benzene rings is 17. The number of nitrogens with zero attached hydrogens (tertiary/aromatic N) is 2. The van der Waals surface area contributed by atoms with Crippen molar-refractivity contribution in [2.45, 2.75) is 0 Å². The van der Waals surface area contributed by atoms with Crippen molar-refractivity contribution in [2.75, 3.05) is 0 Å². The van der Waals surface area contributed by atoms with Crippen LogP contribution in [0.15, 0.2) is 397 Å². The van der Waals surface area contributed by atoms with Crippen LogP contribution in [0.4, 0.5) is 0 Å². The quantitative estimate of drug-likeness (QED) is 0.122. The highest BCUT2D eigenvalue weighted by molar-refractivity contribution is 6.15. The van der Waals surface area contributed by atoms with E-state index in [0.29, 0.717) is 0 Å². The summed E-state index contributed by atoms with van der Waals surface area (Å²) < 4.78 is 17.5. The molecule has 4 aromatic heterocycles. The van der Waals surface area contributed by atoms with E-state index in [1.807, 2.05) is 24.3 Å². The van der Waals surface area contributed by atoms with Gasteiger partial charge in [-0.1, -0.05) is 303 Å². The third-order valence-electron chi connectivity index (χ3n) is 21.8. The van der Waals surface area contributed by atoms with Gasteiger partial charge in [-0.25, -0.2) is 0 Å². The van der Waals surface area contributed by atoms with E-state index < -0.39 is 0 Å². The number of hydrogen-bond acceptors (Lipinski definition) is 2. The molecular weight excluding hydrogens is 1290 g/mol.